The average Bonchev–Trinajstić information content (AvgIpc) is 3.04. The third-order valence-electron chi connectivity index (χ3n) is 3.55. The van der Waals surface area contributed by atoms with Gasteiger partial charge >= 0.3 is 5.97 Å². The molecule has 0 aliphatic heterocycles. The number of ether oxygens (including phenoxy) is 2. The van der Waals surface area contributed by atoms with Crippen molar-refractivity contribution in [2.75, 3.05) is 7.11 Å². The van der Waals surface area contributed by atoms with E-state index in [-0.39, 0.29) is 17.8 Å². The summed E-state index contributed by atoms with van der Waals surface area (Å²) >= 11 is 0. The third-order valence-corrected chi connectivity index (χ3v) is 3.55. The standard InChI is InChI=1S/C18H24N2O4/c1-12(16-19-17(20-24-16)18(2,3)4)23-15(21)11-8-13-6-9-14(22-5)10-7-13/h6-7,9-10,12H,8,11H2,1-5H3. The Morgan fingerprint density at radius 2 is 1.92 bits per heavy atom. The van der Waals surface area contributed by atoms with E-state index in [9.17, 15) is 4.79 Å². The highest BCUT2D eigenvalue weighted by Gasteiger charge is 2.24. The molecule has 0 N–H and O–H groups in total. The van der Waals surface area contributed by atoms with Gasteiger partial charge in [-0.25, -0.2) is 0 Å². The molecule has 6 nitrogen and oxygen atoms in total. The van der Waals surface area contributed by atoms with Gasteiger partial charge in [0.1, 0.15) is 5.75 Å². The second kappa shape index (κ2) is 7.47. The van der Waals surface area contributed by atoms with Gasteiger partial charge in [0.25, 0.3) is 5.89 Å². The largest absolute Gasteiger partial charge is 0.497 e. The number of carbonyl (C=O) groups is 1. The van der Waals surface area contributed by atoms with Crippen LogP contribution in [0.5, 0.6) is 5.75 Å². The molecule has 6 heteroatoms. The number of hydrogen-bond acceptors (Lipinski definition) is 6. The summed E-state index contributed by atoms with van der Waals surface area (Å²) in [7, 11) is 1.62. The summed E-state index contributed by atoms with van der Waals surface area (Å²) in [4.78, 5) is 16.3. The number of benzene rings is 1. The molecule has 2 rings (SSSR count). The van der Waals surface area contributed by atoms with Crippen molar-refractivity contribution >= 4 is 5.97 Å². The lowest BCUT2D eigenvalue weighted by molar-refractivity contribution is -0.149. The van der Waals surface area contributed by atoms with Gasteiger partial charge in [-0.1, -0.05) is 38.1 Å². The first-order chi connectivity index (χ1) is 11.3. The summed E-state index contributed by atoms with van der Waals surface area (Å²) in [5.41, 5.74) is 0.841. The van der Waals surface area contributed by atoms with Crippen LogP contribution in [0.25, 0.3) is 0 Å². The first-order valence-electron chi connectivity index (χ1n) is 7.96. The van der Waals surface area contributed by atoms with Crippen LogP contribution in [0, 0.1) is 0 Å². The number of aryl methyl sites for hydroxylation is 1. The Bertz CT molecular complexity index is 671. The Hall–Kier alpha value is -2.37. The first kappa shape index (κ1) is 18.0. The van der Waals surface area contributed by atoms with Crippen molar-refractivity contribution in [2.24, 2.45) is 0 Å². The zero-order valence-corrected chi connectivity index (χ0v) is 14.8. The minimum atomic E-state index is -0.558. The van der Waals surface area contributed by atoms with Gasteiger partial charge < -0.3 is 14.0 Å². The van der Waals surface area contributed by atoms with E-state index >= 15 is 0 Å². The van der Waals surface area contributed by atoms with Crippen LogP contribution in [0.15, 0.2) is 28.8 Å². The highest BCUT2D eigenvalue weighted by atomic mass is 16.6. The molecule has 1 heterocycles. The van der Waals surface area contributed by atoms with Gasteiger partial charge in [-0.3, -0.25) is 4.79 Å². The van der Waals surface area contributed by atoms with Gasteiger partial charge in [0.15, 0.2) is 11.9 Å². The summed E-state index contributed by atoms with van der Waals surface area (Å²) in [5.74, 6) is 1.41. The maximum atomic E-state index is 12.0. The number of esters is 1. The monoisotopic (exact) mass is 332 g/mol. The van der Waals surface area contributed by atoms with Crippen molar-refractivity contribution in [3.8, 4) is 5.75 Å². The lowest BCUT2D eigenvalue weighted by Crippen LogP contribution is -2.14. The number of methoxy groups -OCH3 is 1. The number of hydrogen-bond donors (Lipinski definition) is 0. The normalized spacial score (nSPS) is 12.7. The van der Waals surface area contributed by atoms with Crippen LogP contribution in [0.1, 0.15) is 57.5 Å². The minimum absolute atomic E-state index is 0.208. The summed E-state index contributed by atoms with van der Waals surface area (Å²) in [6, 6.07) is 7.61. The maximum Gasteiger partial charge on any atom is 0.306 e. The number of aromatic nitrogens is 2. The molecule has 0 radical (unpaired) electrons. The highest BCUT2D eigenvalue weighted by Crippen LogP contribution is 2.22. The SMILES string of the molecule is COc1ccc(CCC(=O)OC(C)c2nc(C(C)(C)C)no2)cc1. The van der Waals surface area contributed by atoms with Crippen LogP contribution in [-0.2, 0) is 21.4 Å². The smallest absolute Gasteiger partial charge is 0.306 e. The Balaban J connectivity index is 1.86. The van der Waals surface area contributed by atoms with E-state index in [1.165, 1.54) is 0 Å². The summed E-state index contributed by atoms with van der Waals surface area (Å²) in [6.07, 6.45) is 0.334. The zero-order chi connectivity index (χ0) is 17.7. The summed E-state index contributed by atoms with van der Waals surface area (Å²) in [5, 5.41) is 3.94. The summed E-state index contributed by atoms with van der Waals surface area (Å²) < 4.78 is 15.7. The molecule has 1 atom stereocenters. The highest BCUT2D eigenvalue weighted by molar-refractivity contribution is 5.70. The lowest BCUT2D eigenvalue weighted by Gasteiger charge is -2.11. The fourth-order valence-electron chi connectivity index (χ4n) is 2.05. The Labute approximate surface area is 142 Å². The van der Waals surface area contributed by atoms with Crippen LogP contribution in [0.3, 0.4) is 0 Å². The van der Waals surface area contributed by atoms with E-state index in [0.29, 0.717) is 18.1 Å². The molecule has 0 bridgehead atoms. The predicted octanol–water partition coefficient (Wildman–Crippen LogP) is 3.61. The van der Waals surface area contributed by atoms with Crippen LogP contribution >= 0.6 is 0 Å². The molecule has 1 aromatic carbocycles. The van der Waals surface area contributed by atoms with E-state index < -0.39 is 6.10 Å². The second-order valence-electron chi connectivity index (χ2n) is 6.69. The Morgan fingerprint density at radius 1 is 1.25 bits per heavy atom. The predicted molar refractivity (Wildman–Crippen MR) is 88.8 cm³/mol. The first-order valence-corrected chi connectivity index (χ1v) is 7.96. The van der Waals surface area contributed by atoms with Crippen LogP contribution in [0.4, 0.5) is 0 Å². The van der Waals surface area contributed by atoms with Crippen molar-refractivity contribution < 1.29 is 18.8 Å². The number of rotatable bonds is 6. The quantitative estimate of drug-likeness (QED) is 0.752. The Kier molecular flexibility index (Phi) is 5.59. The van der Waals surface area contributed by atoms with E-state index in [1.807, 2.05) is 45.0 Å². The number of nitrogens with zero attached hydrogens (tertiary/aromatic N) is 2. The molecule has 0 amide bonds. The molecular weight excluding hydrogens is 308 g/mol. The molecule has 130 valence electrons. The molecule has 24 heavy (non-hydrogen) atoms. The van der Waals surface area contributed by atoms with E-state index in [4.69, 9.17) is 14.0 Å². The third kappa shape index (κ3) is 4.81. The maximum absolute atomic E-state index is 12.0. The van der Waals surface area contributed by atoms with Gasteiger partial charge in [0.05, 0.1) is 7.11 Å². The van der Waals surface area contributed by atoms with Gasteiger partial charge in [-0.2, -0.15) is 4.98 Å². The minimum Gasteiger partial charge on any atom is -0.497 e. The molecular formula is C18H24N2O4. The van der Waals surface area contributed by atoms with E-state index in [1.54, 1.807) is 14.0 Å². The lowest BCUT2D eigenvalue weighted by atomic mass is 9.96. The van der Waals surface area contributed by atoms with Crippen molar-refractivity contribution in [3.05, 3.63) is 41.5 Å². The van der Waals surface area contributed by atoms with Crippen molar-refractivity contribution in [1.82, 2.24) is 10.1 Å². The zero-order valence-electron chi connectivity index (χ0n) is 14.8. The molecule has 0 saturated heterocycles. The molecule has 0 saturated carbocycles. The van der Waals surface area contributed by atoms with Gasteiger partial charge in [-0.15, -0.1) is 0 Å². The molecule has 1 aromatic heterocycles. The topological polar surface area (TPSA) is 74.5 Å². The molecule has 0 aliphatic carbocycles. The van der Waals surface area contributed by atoms with Crippen molar-refractivity contribution in [3.63, 3.8) is 0 Å². The van der Waals surface area contributed by atoms with Gasteiger partial charge in [-0.05, 0) is 31.0 Å². The fraction of sp³-hybridized carbons (Fsp3) is 0.500. The van der Waals surface area contributed by atoms with E-state index in [2.05, 4.69) is 10.1 Å². The molecule has 2 aromatic rings. The van der Waals surface area contributed by atoms with E-state index in [0.717, 1.165) is 11.3 Å². The van der Waals surface area contributed by atoms with Crippen LogP contribution in [-0.4, -0.2) is 23.2 Å². The summed E-state index contributed by atoms with van der Waals surface area (Å²) in [6.45, 7) is 7.71. The average molecular weight is 332 g/mol. The van der Waals surface area contributed by atoms with Gasteiger partial charge in [0, 0.05) is 11.8 Å². The van der Waals surface area contributed by atoms with Crippen LogP contribution in [0.2, 0.25) is 0 Å². The molecule has 0 aliphatic rings. The van der Waals surface area contributed by atoms with Crippen molar-refractivity contribution in [1.29, 1.82) is 0 Å². The molecule has 0 fully saturated rings. The van der Waals surface area contributed by atoms with Crippen molar-refractivity contribution in [2.45, 2.75) is 52.1 Å². The fourth-order valence-corrected chi connectivity index (χ4v) is 2.05. The Morgan fingerprint density at radius 3 is 2.46 bits per heavy atom. The second-order valence-corrected chi connectivity index (χ2v) is 6.69. The van der Waals surface area contributed by atoms with Gasteiger partial charge in [0.2, 0.25) is 0 Å². The van der Waals surface area contributed by atoms with Crippen LogP contribution < -0.4 is 4.74 Å². The molecule has 1 unspecified atom stereocenters. The molecule has 0 spiro atoms. The number of carbonyl (C=O) groups excluding carboxylic acids is 1.